The van der Waals surface area contributed by atoms with Crippen molar-refractivity contribution in [2.45, 2.75) is 0 Å². The molecule has 0 aliphatic carbocycles. The Morgan fingerprint density at radius 1 is 0.730 bits per heavy atom. The summed E-state index contributed by atoms with van der Waals surface area (Å²) < 4.78 is 5.47. The number of hydrogen-bond donors (Lipinski definition) is 3. The fraction of sp³-hybridized carbons (Fsp3) is 0.148. The SMILES string of the molecule is O=C(Nc1ccc(C(=O)O)cc1)Nc1ccc(-c2nc(-c3ccccc3)nc(N3CCOCC3)n2)cc1. The molecule has 0 bridgehead atoms. The van der Waals surface area contributed by atoms with E-state index in [-0.39, 0.29) is 5.56 Å². The van der Waals surface area contributed by atoms with Crippen LogP contribution in [0.15, 0.2) is 78.9 Å². The molecule has 37 heavy (non-hydrogen) atoms. The zero-order chi connectivity index (χ0) is 25.6. The molecule has 2 heterocycles. The summed E-state index contributed by atoms with van der Waals surface area (Å²) in [4.78, 5) is 39.6. The van der Waals surface area contributed by atoms with Crippen LogP contribution >= 0.6 is 0 Å². The lowest BCUT2D eigenvalue weighted by atomic mass is 10.1. The normalized spacial score (nSPS) is 13.1. The van der Waals surface area contributed by atoms with Gasteiger partial charge >= 0.3 is 12.0 Å². The Kier molecular flexibility index (Phi) is 7.00. The van der Waals surface area contributed by atoms with Crippen molar-refractivity contribution in [1.82, 2.24) is 15.0 Å². The number of urea groups is 1. The van der Waals surface area contributed by atoms with Gasteiger partial charge in [-0.15, -0.1) is 0 Å². The maximum atomic E-state index is 12.4. The molecule has 3 aromatic carbocycles. The van der Waals surface area contributed by atoms with Gasteiger partial charge in [0.2, 0.25) is 5.95 Å². The average Bonchev–Trinajstić information content (AvgIpc) is 2.94. The van der Waals surface area contributed by atoms with Crippen LogP contribution in [0.4, 0.5) is 22.1 Å². The Hall–Kier alpha value is -4.83. The van der Waals surface area contributed by atoms with E-state index < -0.39 is 12.0 Å². The van der Waals surface area contributed by atoms with Crippen LogP contribution in [0.5, 0.6) is 0 Å². The summed E-state index contributed by atoms with van der Waals surface area (Å²) in [6.07, 6.45) is 0. The van der Waals surface area contributed by atoms with Gasteiger partial charge in [-0.1, -0.05) is 30.3 Å². The number of carboxylic acid groups (broad SMARTS) is 1. The Morgan fingerprint density at radius 2 is 1.27 bits per heavy atom. The molecule has 1 fully saturated rings. The fourth-order valence-corrected chi connectivity index (χ4v) is 3.81. The van der Waals surface area contributed by atoms with Crippen molar-refractivity contribution in [3.8, 4) is 22.8 Å². The quantitative estimate of drug-likeness (QED) is 0.359. The van der Waals surface area contributed by atoms with Crippen LogP contribution in [0.2, 0.25) is 0 Å². The van der Waals surface area contributed by atoms with E-state index in [1.54, 1.807) is 12.1 Å². The predicted molar refractivity (Wildman–Crippen MR) is 140 cm³/mol. The summed E-state index contributed by atoms with van der Waals surface area (Å²) in [5.74, 6) is 0.692. The number of nitrogens with one attached hydrogen (secondary N) is 2. The number of hydrogen-bond acceptors (Lipinski definition) is 7. The number of benzene rings is 3. The third-order valence-electron chi connectivity index (χ3n) is 5.74. The van der Waals surface area contributed by atoms with Crippen LogP contribution in [0.1, 0.15) is 10.4 Å². The molecule has 1 aliphatic heterocycles. The lowest BCUT2D eigenvalue weighted by molar-refractivity contribution is 0.0697. The summed E-state index contributed by atoms with van der Waals surface area (Å²) >= 11 is 0. The highest BCUT2D eigenvalue weighted by atomic mass is 16.5. The van der Waals surface area contributed by atoms with E-state index in [0.29, 0.717) is 55.3 Å². The maximum absolute atomic E-state index is 12.4. The summed E-state index contributed by atoms with van der Waals surface area (Å²) in [5, 5.41) is 14.4. The standard InChI is InChI=1S/C27H24N6O4/c34-25(35)20-8-12-22(13-9-20)29-27(36)28-21-10-6-19(7-11-21)24-30-23(18-4-2-1-3-5-18)31-26(32-24)33-14-16-37-17-15-33/h1-13H,14-17H2,(H,34,35)(H2,28,29,36). The summed E-state index contributed by atoms with van der Waals surface area (Å²) in [6.45, 7) is 2.64. The molecule has 1 saturated heterocycles. The highest BCUT2D eigenvalue weighted by Crippen LogP contribution is 2.25. The van der Waals surface area contributed by atoms with Gasteiger partial charge in [-0.2, -0.15) is 9.97 Å². The van der Waals surface area contributed by atoms with Crippen molar-refractivity contribution in [2.24, 2.45) is 0 Å². The number of amides is 2. The number of morpholine rings is 1. The van der Waals surface area contributed by atoms with Crippen LogP contribution in [-0.2, 0) is 4.74 Å². The number of carbonyl (C=O) groups excluding carboxylic acids is 1. The van der Waals surface area contributed by atoms with Crippen molar-refractivity contribution in [3.05, 3.63) is 84.4 Å². The minimum Gasteiger partial charge on any atom is -0.478 e. The second-order valence-corrected chi connectivity index (χ2v) is 8.29. The number of anilines is 3. The summed E-state index contributed by atoms with van der Waals surface area (Å²) in [5.41, 5.74) is 2.88. The van der Waals surface area contributed by atoms with Gasteiger partial charge in [0.1, 0.15) is 0 Å². The highest BCUT2D eigenvalue weighted by molar-refractivity contribution is 6.00. The smallest absolute Gasteiger partial charge is 0.335 e. The largest absolute Gasteiger partial charge is 0.478 e. The topological polar surface area (TPSA) is 130 Å². The molecule has 0 saturated carbocycles. The molecule has 2 amide bonds. The van der Waals surface area contributed by atoms with E-state index in [1.807, 2.05) is 42.5 Å². The molecule has 1 aliphatic rings. The molecule has 1 aromatic heterocycles. The molecule has 10 heteroatoms. The van der Waals surface area contributed by atoms with Gasteiger partial charge in [-0.05, 0) is 48.5 Å². The number of carboxylic acids is 1. The van der Waals surface area contributed by atoms with Crippen molar-refractivity contribution >= 4 is 29.3 Å². The molecule has 0 unspecified atom stereocenters. The predicted octanol–water partition coefficient (Wildman–Crippen LogP) is 4.38. The van der Waals surface area contributed by atoms with Gasteiger partial charge in [0, 0.05) is 35.6 Å². The average molecular weight is 497 g/mol. The fourth-order valence-electron chi connectivity index (χ4n) is 3.81. The minimum atomic E-state index is -1.03. The first-order valence-corrected chi connectivity index (χ1v) is 11.7. The maximum Gasteiger partial charge on any atom is 0.335 e. The lowest BCUT2D eigenvalue weighted by Gasteiger charge is -2.27. The number of carbonyl (C=O) groups is 2. The second kappa shape index (κ2) is 10.8. The van der Waals surface area contributed by atoms with Gasteiger partial charge in [-0.3, -0.25) is 0 Å². The van der Waals surface area contributed by atoms with Crippen molar-refractivity contribution in [1.29, 1.82) is 0 Å². The molecule has 186 valence electrons. The van der Waals surface area contributed by atoms with Gasteiger partial charge in [0.05, 0.1) is 18.8 Å². The molecule has 5 rings (SSSR count). The molecular formula is C27H24N6O4. The molecule has 0 radical (unpaired) electrons. The van der Waals surface area contributed by atoms with Crippen molar-refractivity contribution in [2.75, 3.05) is 41.8 Å². The van der Waals surface area contributed by atoms with Gasteiger partial charge in [0.15, 0.2) is 11.6 Å². The monoisotopic (exact) mass is 496 g/mol. The number of aromatic nitrogens is 3. The Labute approximate surface area is 213 Å². The molecular weight excluding hydrogens is 472 g/mol. The summed E-state index contributed by atoms with van der Waals surface area (Å²) in [7, 11) is 0. The van der Waals surface area contributed by atoms with E-state index in [9.17, 15) is 9.59 Å². The van der Waals surface area contributed by atoms with Crippen LogP contribution < -0.4 is 15.5 Å². The highest BCUT2D eigenvalue weighted by Gasteiger charge is 2.18. The molecule has 3 N–H and O–H groups in total. The zero-order valence-electron chi connectivity index (χ0n) is 19.8. The van der Waals surface area contributed by atoms with E-state index in [2.05, 4.69) is 15.5 Å². The zero-order valence-corrected chi connectivity index (χ0v) is 19.8. The lowest BCUT2D eigenvalue weighted by Crippen LogP contribution is -2.37. The van der Waals surface area contributed by atoms with Crippen LogP contribution in [0.3, 0.4) is 0 Å². The first-order chi connectivity index (χ1) is 18.0. The number of nitrogens with zero attached hydrogens (tertiary/aromatic N) is 4. The van der Waals surface area contributed by atoms with Crippen molar-refractivity contribution in [3.63, 3.8) is 0 Å². The van der Waals surface area contributed by atoms with E-state index in [1.165, 1.54) is 24.3 Å². The van der Waals surface area contributed by atoms with Crippen LogP contribution in [-0.4, -0.2) is 58.4 Å². The van der Waals surface area contributed by atoms with E-state index >= 15 is 0 Å². The first-order valence-electron chi connectivity index (χ1n) is 11.7. The molecule has 0 spiro atoms. The van der Waals surface area contributed by atoms with Gasteiger partial charge in [0.25, 0.3) is 0 Å². The Balaban J connectivity index is 1.34. The van der Waals surface area contributed by atoms with E-state index in [0.717, 1.165) is 11.1 Å². The number of ether oxygens (including phenoxy) is 1. The van der Waals surface area contributed by atoms with E-state index in [4.69, 9.17) is 24.8 Å². The molecule has 0 atom stereocenters. The second-order valence-electron chi connectivity index (χ2n) is 8.29. The van der Waals surface area contributed by atoms with Crippen molar-refractivity contribution < 1.29 is 19.4 Å². The van der Waals surface area contributed by atoms with Crippen LogP contribution in [0.25, 0.3) is 22.8 Å². The molecule has 4 aromatic rings. The molecule has 10 nitrogen and oxygen atoms in total. The number of rotatable bonds is 6. The Bertz CT molecular complexity index is 1390. The Morgan fingerprint density at radius 3 is 1.84 bits per heavy atom. The third-order valence-corrected chi connectivity index (χ3v) is 5.74. The van der Waals surface area contributed by atoms with Crippen LogP contribution in [0, 0.1) is 0 Å². The van der Waals surface area contributed by atoms with Gasteiger partial charge < -0.3 is 25.4 Å². The first kappa shape index (κ1) is 23.9. The van der Waals surface area contributed by atoms with Gasteiger partial charge in [-0.25, -0.2) is 14.6 Å². The minimum absolute atomic E-state index is 0.145. The summed E-state index contributed by atoms with van der Waals surface area (Å²) in [6, 6.07) is 22.4. The number of aromatic carboxylic acids is 1. The third kappa shape index (κ3) is 5.88.